The van der Waals surface area contributed by atoms with Gasteiger partial charge in [0.25, 0.3) is 0 Å². The summed E-state index contributed by atoms with van der Waals surface area (Å²) < 4.78 is 14.0. The Morgan fingerprint density at radius 3 is 2.70 bits per heavy atom. The van der Waals surface area contributed by atoms with Crippen LogP contribution in [0.5, 0.6) is 0 Å². The molecule has 1 aliphatic carbocycles. The van der Waals surface area contributed by atoms with Crippen molar-refractivity contribution >= 4 is 23.2 Å². The summed E-state index contributed by atoms with van der Waals surface area (Å²) in [5, 5.41) is 2.09. The average Bonchev–Trinajstić information content (AvgIpc) is 3.50. The van der Waals surface area contributed by atoms with E-state index in [1.165, 1.54) is 16.5 Å². The largest absolute Gasteiger partial charge is 0.338 e. The van der Waals surface area contributed by atoms with E-state index < -0.39 is 0 Å². The predicted octanol–water partition coefficient (Wildman–Crippen LogP) is 4.08. The van der Waals surface area contributed by atoms with E-state index >= 15 is 0 Å². The number of rotatable bonds is 4. The summed E-state index contributed by atoms with van der Waals surface area (Å²) in [5.74, 6) is 0.294. The van der Waals surface area contributed by atoms with Gasteiger partial charge in [-0.2, -0.15) is 0 Å². The lowest BCUT2D eigenvalue weighted by Gasteiger charge is -2.42. The zero-order chi connectivity index (χ0) is 22.9. The second kappa shape index (κ2) is 9.55. The quantitative estimate of drug-likeness (QED) is 0.678. The van der Waals surface area contributed by atoms with Gasteiger partial charge in [0.1, 0.15) is 5.82 Å². The fourth-order valence-corrected chi connectivity index (χ4v) is 6.70. The molecular weight excluding hydrogens is 437 g/mol. The van der Waals surface area contributed by atoms with Crippen molar-refractivity contribution in [2.45, 2.75) is 51.1 Å². The molecule has 5 rings (SSSR count). The first-order chi connectivity index (χ1) is 16.0. The van der Waals surface area contributed by atoms with Gasteiger partial charge in [-0.05, 0) is 60.9 Å². The predicted molar refractivity (Wildman–Crippen MR) is 128 cm³/mol. The van der Waals surface area contributed by atoms with Gasteiger partial charge in [0, 0.05) is 43.0 Å². The van der Waals surface area contributed by atoms with Crippen LogP contribution in [-0.4, -0.2) is 65.3 Å². The number of thiophene rings is 1. The summed E-state index contributed by atoms with van der Waals surface area (Å²) in [7, 11) is 0. The van der Waals surface area contributed by atoms with E-state index in [9.17, 15) is 14.0 Å². The molecule has 1 aromatic carbocycles. The van der Waals surface area contributed by atoms with Crippen LogP contribution in [-0.2, 0) is 16.0 Å². The first-order valence-corrected chi connectivity index (χ1v) is 13.0. The lowest BCUT2D eigenvalue weighted by Crippen LogP contribution is -2.58. The minimum absolute atomic E-state index is 0.0413. The Labute approximate surface area is 199 Å². The lowest BCUT2D eigenvalue weighted by molar-refractivity contribution is -0.145. The van der Waals surface area contributed by atoms with E-state index in [0.29, 0.717) is 26.2 Å². The second-order valence-corrected chi connectivity index (χ2v) is 10.7. The van der Waals surface area contributed by atoms with E-state index in [1.807, 2.05) is 15.9 Å². The van der Waals surface area contributed by atoms with Gasteiger partial charge < -0.3 is 9.80 Å². The fourth-order valence-electron chi connectivity index (χ4n) is 5.80. The van der Waals surface area contributed by atoms with Crippen LogP contribution in [0.1, 0.15) is 54.7 Å². The highest BCUT2D eigenvalue weighted by atomic mass is 32.1. The third-order valence-corrected chi connectivity index (χ3v) is 8.53. The van der Waals surface area contributed by atoms with Crippen molar-refractivity contribution in [2.24, 2.45) is 5.92 Å². The third kappa shape index (κ3) is 4.58. The van der Waals surface area contributed by atoms with Crippen LogP contribution in [0.2, 0.25) is 0 Å². The molecule has 2 amide bonds. The number of carbonyl (C=O) groups excluding carboxylic acids is 2. The van der Waals surface area contributed by atoms with Crippen molar-refractivity contribution in [1.29, 1.82) is 0 Å². The molecule has 1 saturated carbocycles. The maximum Gasteiger partial charge on any atom is 0.236 e. The number of amides is 2. The van der Waals surface area contributed by atoms with Crippen LogP contribution < -0.4 is 0 Å². The minimum Gasteiger partial charge on any atom is -0.338 e. The van der Waals surface area contributed by atoms with Gasteiger partial charge in [-0.15, -0.1) is 11.3 Å². The molecule has 0 N–H and O–H groups in total. The van der Waals surface area contributed by atoms with Gasteiger partial charge in [-0.25, -0.2) is 4.39 Å². The number of hydrogen-bond donors (Lipinski definition) is 0. The molecule has 0 radical (unpaired) electrons. The van der Waals surface area contributed by atoms with Crippen molar-refractivity contribution in [2.75, 3.05) is 32.7 Å². The molecule has 0 unspecified atom stereocenters. The molecule has 3 aliphatic rings. The van der Waals surface area contributed by atoms with Crippen LogP contribution in [0.3, 0.4) is 0 Å². The molecule has 0 bridgehead atoms. The maximum absolute atomic E-state index is 14.0. The van der Waals surface area contributed by atoms with Gasteiger partial charge in [-0.3, -0.25) is 14.5 Å². The molecule has 7 heteroatoms. The summed E-state index contributed by atoms with van der Waals surface area (Å²) in [5.41, 5.74) is 2.08. The molecule has 5 nitrogen and oxygen atoms in total. The molecule has 1 saturated heterocycles. The average molecular weight is 470 g/mol. The standard InChI is InChI=1S/C26H32FN3O2S/c1-18-16-28(12-13-30(18)26(32)19-5-2-3-6-19)24(31)17-29-11-9-23-22(10-14-33-23)25(29)20-7-4-8-21(27)15-20/h4,7-8,10,14-15,18-19,25H,2-3,5-6,9,11-13,16-17H2,1H3/t18-,25-/m1/s1. The van der Waals surface area contributed by atoms with E-state index in [1.54, 1.807) is 23.5 Å². The molecule has 0 spiro atoms. The molecule has 33 heavy (non-hydrogen) atoms. The van der Waals surface area contributed by atoms with Crippen molar-refractivity contribution in [3.05, 3.63) is 57.5 Å². The van der Waals surface area contributed by atoms with Crippen LogP contribution in [0, 0.1) is 11.7 Å². The first-order valence-electron chi connectivity index (χ1n) is 12.2. The smallest absolute Gasteiger partial charge is 0.236 e. The summed E-state index contributed by atoms with van der Waals surface area (Å²) in [6, 6.07) is 8.79. The van der Waals surface area contributed by atoms with E-state index in [4.69, 9.17) is 0 Å². The van der Waals surface area contributed by atoms with Crippen LogP contribution >= 0.6 is 11.3 Å². The fraction of sp³-hybridized carbons (Fsp3) is 0.538. The summed E-state index contributed by atoms with van der Waals surface area (Å²) in [4.78, 5) is 33.7. The maximum atomic E-state index is 14.0. The van der Waals surface area contributed by atoms with E-state index in [2.05, 4.69) is 23.3 Å². The Hall–Kier alpha value is -2.25. The van der Waals surface area contributed by atoms with Crippen LogP contribution in [0.15, 0.2) is 35.7 Å². The number of halogens is 1. The van der Waals surface area contributed by atoms with Gasteiger partial charge in [0.05, 0.1) is 12.6 Å². The third-order valence-electron chi connectivity index (χ3n) is 7.54. The monoisotopic (exact) mass is 469 g/mol. The highest BCUT2D eigenvalue weighted by Gasteiger charge is 2.36. The molecule has 2 aliphatic heterocycles. The van der Waals surface area contributed by atoms with Gasteiger partial charge in [0.2, 0.25) is 11.8 Å². The Kier molecular flexibility index (Phi) is 6.52. The Morgan fingerprint density at radius 2 is 1.94 bits per heavy atom. The molecule has 1 aromatic heterocycles. The molecule has 3 heterocycles. The SMILES string of the molecule is C[C@@H]1CN(C(=O)CN2CCc3sccc3[C@H]2c2cccc(F)c2)CCN1C(=O)C1CCCC1. The second-order valence-electron chi connectivity index (χ2n) is 9.68. The normalized spacial score (nSPS) is 24.2. The molecule has 2 atom stereocenters. The Balaban J connectivity index is 1.27. The zero-order valence-electron chi connectivity index (χ0n) is 19.2. The van der Waals surface area contributed by atoms with Crippen LogP contribution in [0.25, 0.3) is 0 Å². The first kappa shape index (κ1) is 22.5. The number of nitrogens with zero attached hydrogens (tertiary/aromatic N) is 3. The summed E-state index contributed by atoms with van der Waals surface area (Å²) >= 11 is 1.74. The van der Waals surface area contributed by atoms with Crippen LogP contribution in [0.4, 0.5) is 4.39 Å². The van der Waals surface area contributed by atoms with Crippen molar-refractivity contribution in [3.8, 4) is 0 Å². The van der Waals surface area contributed by atoms with Gasteiger partial charge in [-0.1, -0.05) is 25.0 Å². The number of carbonyl (C=O) groups is 2. The Morgan fingerprint density at radius 1 is 1.12 bits per heavy atom. The number of piperazine rings is 1. The number of hydrogen-bond acceptors (Lipinski definition) is 4. The van der Waals surface area contributed by atoms with E-state index in [-0.39, 0.29) is 35.6 Å². The number of benzene rings is 1. The lowest BCUT2D eigenvalue weighted by atomic mass is 9.93. The van der Waals surface area contributed by atoms with Crippen molar-refractivity contribution in [1.82, 2.24) is 14.7 Å². The summed E-state index contributed by atoms with van der Waals surface area (Å²) in [6.07, 6.45) is 5.22. The van der Waals surface area contributed by atoms with E-state index in [0.717, 1.165) is 44.2 Å². The zero-order valence-corrected chi connectivity index (χ0v) is 20.0. The summed E-state index contributed by atoms with van der Waals surface area (Å²) in [6.45, 7) is 4.92. The Bertz CT molecular complexity index is 1020. The molecule has 176 valence electrons. The molecule has 2 aromatic rings. The molecular formula is C26H32FN3O2S. The van der Waals surface area contributed by atoms with Crippen molar-refractivity contribution < 1.29 is 14.0 Å². The highest BCUT2D eigenvalue weighted by molar-refractivity contribution is 7.10. The number of fused-ring (bicyclic) bond motifs is 1. The minimum atomic E-state index is -0.252. The van der Waals surface area contributed by atoms with Crippen molar-refractivity contribution in [3.63, 3.8) is 0 Å². The van der Waals surface area contributed by atoms with Gasteiger partial charge >= 0.3 is 0 Å². The molecule has 2 fully saturated rings. The highest BCUT2D eigenvalue weighted by Crippen LogP contribution is 2.38. The topological polar surface area (TPSA) is 43.9 Å². The van der Waals surface area contributed by atoms with Gasteiger partial charge in [0.15, 0.2) is 0 Å².